The van der Waals surface area contributed by atoms with Crippen LogP contribution in [-0.4, -0.2) is 72.5 Å². The van der Waals surface area contributed by atoms with E-state index in [0.717, 1.165) is 10.6 Å². The summed E-state index contributed by atoms with van der Waals surface area (Å²) in [6.07, 6.45) is -2.20. The molecule has 2 aliphatic rings. The molecular weight excluding hydrogens is 485 g/mol. The highest BCUT2D eigenvalue weighted by molar-refractivity contribution is 7.92. The molecule has 3 heterocycles. The van der Waals surface area contributed by atoms with Crippen LogP contribution in [0.15, 0.2) is 21.9 Å². The van der Waals surface area contributed by atoms with Gasteiger partial charge in [-0.1, -0.05) is 0 Å². The molecule has 0 radical (unpaired) electrons. The van der Waals surface area contributed by atoms with Crippen LogP contribution in [0.2, 0.25) is 0 Å². The first-order valence-electron chi connectivity index (χ1n) is 9.96. The maximum atomic E-state index is 12.9. The molecule has 0 saturated carbocycles. The van der Waals surface area contributed by atoms with E-state index in [1.54, 1.807) is 13.8 Å². The summed E-state index contributed by atoms with van der Waals surface area (Å²) in [5.41, 5.74) is 3.59. The Morgan fingerprint density at radius 2 is 2.12 bits per heavy atom. The van der Waals surface area contributed by atoms with Gasteiger partial charge in [0.1, 0.15) is 18.0 Å². The lowest BCUT2D eigenvalue weighted by atomic mass is 9.93. The second kappa shape index (κ2) is 9.41. The molecule has 2 saturated heterocycles. The molecule has 0 aromatic carbocycles. The molecule has 16 heteroatoms. The van der Waals surface area contributed by atoms with Crippen LogP contribution in [0.1, 0.15) is 27.0 Å². The Morgan fingerprint density at radius 3 is 2.76 bits per heavy atom. The lowest BCUT2D eigenvalue weighted by Gasteiger charge is -2.35. The molecule has 186 valence electrons. The van der Waals surface area contributed by atoms with Gasteiger partial charge in [-0.25, -0.2) is 17.8 Å². The molecular formula is C17H26N3O11PS. The van der Waals surface area contributed by atoms with Gasteiger partial charge in [0.15, 0.2) is 16.1 Å². The summed E-state index contributed by atoms with van der Waals surface area (Å²) in [5, 5.41) is 0. The second-order valence-corrected chi connectivity index (χ2v) is 11.9. The average Bonchev–Trinajstić information content (AvgIpc) is 2.90. The number of nitrogens with two attached hydrogens (primary N) is 1. The van der Waals surface area contributed by atoms with Gasteiger partial charge in [-0.2, -0.15) is 0 Å². The molecule has 1 aromatic heterocycles. The summed E-state index contributed by atoms with van der Waals surface area (Å²) < 4.78 is 64.4. The third-order valence-corrected chi connectivity index (χ3v) is 7.79. The van der Waals surface area contributed by atoms with Crippen molar-refractivity contribution in [1.29, 1.82) is 0 Å². The smallest absolute Gasteiger partial charge is 0.462 e. The number of phosphoric acid groups is 1. The fourth-order valence-electron chi connectivity index (χ4n) is 3.44. The summed E-state index contributed by atoms with van der Waals surface area (Å²) in [6, 6.07) is 1.12. The van der Waals surface area contributed by atoms with Crippen molar-refractivity contribution < 1.29 is 40.8 Å². The van der Waals surface area contributed by atoms with Gasteiger partial charge >= 0.3 is 19.5 Å². The van der Waals surface area contributed by atoms with Crippen molar-refractivity contribution in [2.75, 3.05) is 24.7 Å². The number of aromatic nitrogens is 2. The number of fused-ring (bicyclic) bond motifs is 1. The Morgan fingerprint density at radius 1 is 1.42 bits per heavy atom. The highest BCUT2D eigenvalue weighted by atomic mass is 32.2. The first-order chi connectivity index (χ1) is 15.2. The number of ether oxygens (including phenoxy) is 2. The zero-order valence-corrected chi connectivity index (χ0v) is 19.9. The highest BCUT2D eigenvalue weighted by Crippen LogP contribution is 2.58. The fraction of sp³-hybridized carbons (Fsp3) is 0.706. The van der Waals surface area contributed by atoms with Crippen molar-refractivity contribution in [3.05, 3.63) is 33.1 Å². The predicted octanol–water partition coefficient (Wildman–Crippen LogP) is -0.942. The number of phosphoric ester groups is 1. The van der Waals surface area contributed by atoms with Crippen molar-refractivity contribution in [2.45, 2.75) is 50.8 Å². The number of esters is 1. The average molecular weight is 511 g/mol. The predicted molar refractivity (Wildman–Crippen MR) is 112 cm³/mol. The van der Waals surface area contributed by atoms with E-state index in [4.69, 9.17) is 28.8 Å². The molecule has 14 nitrogen and oxygen atoms in total. The first kappa shape index (κ1) is 25.7. The largest absolute Gasteiger partial charge is 0.475 e. The molecule has 0 spiro atoms. The molecule has 0 amide bonds. The highest BCUT2D eigenvalue weighted by Gasteiger charge is 2.59. The number of hydrogen-bond acceptors (Lipinski definition) is 12. The number of rotatable bonds is 8. The van der Waals surface area contributed by atoms with Crippen LogP contribution < -0.4 is 17.0 Å². The Hall–Kier alpha value is -1.87. The molecule has 33 heavy (non-hydrogen) atoms. The van der Waals surface area contributed by atoms with E-state index >= 15 is 0 Å². The van der Waals surface area contributed by atoms with Gasteiger partial charge in [-0.05, 0) is 20.8 Å². The van der Waals surface area contributed by atoms with E-state index in [2.05, 4.69) is 4.98 Å². The maximum absolute atomic E-state index is 12.9. The fourth-order valence-corrected chi connectivity index (χ4v) is 5.95. The minimum Gasteiger partial charge on any atom is -0.462 e. The molecule has 3 rings (SSSR count). The number of sulfone groups is 1. The third-order valence-electron chi connectivity index (χ3n) is 4.88. The van der Waals surface area contributed by atoms with Crippen LogP contribution in [-0.2, 0) is 42.2 Å². The van der Waals surface area contributed by atoms with Crippen LogP contribution in [0.5, 0.6) is 0 Å². The van der Waals surface area contributed by atoms with Gasteiger partial charge in [0.05, 0.1) is 30.6 Å². The number of aromatic amines is 1. The Bertz CT molecular complexity index is 1160. The van der Waals surface area contributed by atoms with Gasteiger partial charge in [0.2, 0.25) is 0 Å². The number of hydrogen-bond donors (Lipinski definition) is 2. The van der Waals surface area contributed by atoms with Crippen molar-refractivity contribution in [2.24, 2.45) is 5.73 Å². The molecule has 5 atom stereocenters. The third kappa shape index (κ3) is 5.98. The van der Waals surface area contributed by atoms with E-state index in [9.17, 15) is 27.4 Å². The molecule has 2 fully saturated rings. The van der Waals surface area contributed by atoms with Gasteiger partial charge in [0, 0.05) is 12.3 Å². The normalized spacial score (nSPS) is 32.0. The molecule has 0 bridgehead atoms. The van der Waals surface area contributed by atoms with Crippen LogP contribution in [0, 0.1) is 0 Å². The SMILES string of the molecule is CC(C)OC(=O)CS(=O)(=O)CCO[P@@]1(=O)OC[C@H]2O[C@@H](n3ccc(=O)[nH]c3=O)[C@](C)(N)[C@@H]2O1. The quantitative estimate of drug-likeness (QED) is 0.321. The van der Waals surface area contributed by atoms with Crippen molar-refractivity contribution in [1.82, 2.24) is 9.55 Å². The van der Waals surface area contributed by atoms with Crippen LogP contribution in [0.3, 0.4) is 0 Å². The van der Waals surface area contributed by atoms with Crippen LogP contribution >= 0.6 is 7.82 Å². The Labute approximate surface area is 188 Å². The van der Waals surface area contributed by atoms with E-state index in [1.165, 1.54) is 13.1 Å². The second-order valence-electron chi connectivity index (χ2n) is 8.14. The number of carbonyl (C=O) groups excluding carboxylic acids is 1. The van der Waals surface area contributed by atoms with Crippen molar-refractivity contribution in [3.63, 3.8) is 0 Å². The number of nitrogens with zero attached hydrogens (tertiary/aromatic N) is 1. The van der Waals surface area contributed by atoms with Gasteiger partial charge in [-0.15, -0.1) is 0 Å². The summed E-state index contributed by atoms with van der Waals surface area (Å²) in [4.78, 5) is 37.1. The number of carbonyl (C=O) groups is 1. The standard InChI is InChI=1S/C17H26N3O11PS/c1-10(2)29-13(22)9-33(25,26)7-6-27-32(24)28-8-11-14(31-32)17(3,18)15(30-11)20-5-4-12(21)19-16(20)23/h4-5,10-11,14-15H,6-9,18H2,1-3H3,(H,19,21,23)/t11-,14-,15-,17-,32+/m1/s1. The summed E-state index contributed by atoms with van der Waals surface area (Å²) in [5.74, 6) is -2.39. The van der Waals surface area contributed by atoms with E-state index < -0.39 is 83.1 Å². The number of nitrogens with one attached hydrogen (secondary N) is 1. The number of H-pyrrole nitrogens is 1. The first-order valence-corrected chi connectivity index (χ1v) is 13.2. The minimum absolute atomic E-state index is 0.267. The van der Waals surface area contributed by atoms with E-state index in [1.807, 2.05) is 0 Å². The van der Waals surface area contributed by atoms with Crippen LogP contribution in [0.4, 0.5) is 0 Å². The molecule has 1 aromatic rings. The molecule has 0 unspecified atom stereocenters. The van der Waals surface area contributed by atoms with E-state index in [-0.39, 0.29) is 6.61 Å². The maximum Gasteiger partial charge on any atom is 0.475 e. The summed E-state index contributed by atoms with van der Waals surface area (Å²) >= 11 is 0. The Balaban J connectivity index is 1.64. The van der Waals surface area contributed by atoms with Gasteiger partial charge in [0.25, 0.3) is 5.56 Å². The summed E-state index contributed by atoms with van der Waals surface area (Å²) in [7, 11) is -8.13. The zero-order valence-electron chi connectivity index (χ0n) is 18.2. The van der Waals surface area contributed by atoms with Gasteiger partial charge < -0.3 is 15.2 Å². The minimum atomic E-state index is -4.23. The topological polar surface area (TPSA) is 195 Å². The van der Waals surface area contributed by atoms with Crippen molar-refractivity contribution in [3.8, 4) is 0 Å². The molecule has 0 aliphatic carbocycles. The lowest BCUT2D eigenvalue weighted by Crippen LogP contribution is -2.55. The van der Waals surface area contributed by atoms with Gasteiger partial charge in [-0.3, -0.25) is 32.7 Å². The molecule has 3 N–H and O–H groups in total. The Kier molecular flexibility index (Phi) is 7.34. The summed E-state index contributed by atoms with van der Waals surface area (Å²) in [6.45, 7) is 3.83. The monoisotopic (exact) mass is 511 g/mol. The van der Waals surface area contributed by atoms with Crippen LogP contribution in [0.25, 0.3) is 0 Å². The lowest BCUT2D eigenvalue weighted by molar-refractivity contribution is -0.144. The van der Waals surface area contributed by atoms with E-state index in [0.29, 0.717) is 0 Å². The van der Waals surface area contributed by atoms with Crippen molar-refractivity contribution >= 4 is 23.6 Å². The molecule has 2 aliphatic heterocycles. The zero-order chi connectivity index (χ0) is 24.6.